The molecule has 1 atom stereocenters. The first-order valence-corrected chi connectivity index (χ1v) is 8.65. The number of aromatic hydroxyl groups is 1. The third kappa shape index (κ3) is 4.52. The maximum Gasteiger partial charge on any atom is 0.305 e. The van der Waals surface area contributed by atoms with Crippen molar-refractivity contribution in [2.75, 3.05) is 0 Å². The van der Waals surface area contributed by atoms with E-state index in [9.17, 15) is 23.5 Å². The summed E-state index contributed by atoms with van der Waals surface area (Å²) in [6.45, 7) is 0. The molecule has 1 amide bonds. The quantitative estimate of drug-likeness (QED) is 0.565. The predicted octanol–water partition coefficient (Wildman–Crippen LogP) is 3.46. The number of rotatable bonds is 6. The Bertz CT molecular complexity index is 1070. The zero-order valence-corrected chi connectivity index (χ0v) is 15.4. The second kappa shape index (κ2) is 8.27. The van der Waals surface area contributed by atoms with E-state index in [1.807, 2.05) is 0 Å². The minimum atomic E-state index is -1.49. The van der Waals surface area contributed by atoms with E-state index in [1.54, 1.807) is 18.2 Å². The summed E-state index contributed by atoms with van der Waals surface area (Å²) in [7, 11) is 0. The van der Waals surface area contributed by atoms with Gasteiger partial charge in [0.1, 0.15) is 11.6 Å². The van der Waals surface area contributed by atoms with E-state index in [0.717, 1.165) is 28.9 Å². The maximum atomic E-state index is 14.1. The molecule has 3 N–H and O–H groups in total. The molecule has 3 rings (SSSR count). The third-order valence-corrected chi connectivity index (χ3v) is 4.24. The van der Waals surface area contributed by atoms with Gasteiger partial charge in [0.15, 0.2) is 5.69 Å². The largest absolute Gasteiger partial charge is 0.493 e. The molecule has 2 aromatic carbocycles. The van der Waals surface area contributed by atoms with E-state index in [2.05, 4.69) is 10.4 Å². The molecule has 29 heavy (non-hydrogen) atoms. The van der Waals surface area contributed by atoms with Crippen molar-refractivity contribution in [2.45, 2.75) is 12.5 Å². The van der Waals surface area contributed by atoms with Crippen molar-refractivity contribution < 1.29 is 28.6 Å². The van der Waals surface area contributed by atoms with E-state index < -0.39 is 41.5 Å². The van der Waals surface area contributed by atoms with E-state index in [4.69, 9.17) is 16.7 Å². The lowest BCUT2D eigenvalue weighted by Crippen LogP contribution is -2.31. The number of carbonyl (C=O) groups excluding carboxylic acids is 1. The third-order valence-electron chi connectivity index (χ3n) is 4.01. The summed E-state index contributed by atoms with van der Waals surface area (Å²) in [5.41, 5.74) is -0.493. The molecule has 0 saturated heterocycles. The average molecular weight is 422 g/mol. The molecule has 3 aromatic rings. The van der Waals surface area contributed by atoms with Gasteiger partial charge in [0.25, 0.3) is 5.91 Å². The van der Waals surface area contributed by atoms with E-state index in [-0.39, 0.29) is 11.6 Å². The molecule has 0 spiro atoms. The summed E-state index contributed by atoms with van der Waals surface area (Å²) < 4.78 is 29.2. The van der Waals surface area contributed by atoms with Gasteiger partial charge >= 0.3 is 5.97 Å². The Hall–Kier alpha value is -3.46. The molecule has 150 valence electrons. The zero-order valence-electron chi connectivity index (χ0n) is 14.6. The van der Waals surface area contributed by atoms with Crippen molar-refractivity contribution in [3.05, 3.63) is 76.4 Å². The van der Waals surface area contributed by atoms with Crippen molar-refractivity contribution in [1.82, 2.24) is 15.1 Å². The topological polar surface area (TPSA) is 104 Å². The van der Waals surface area contributed by atoms with Crippen LogP contribution in [0.1, 0.15) is 28.5 Å². The Morgan fingerprint density at radius 2 is 1.79 bits per heavy atom. The van der Waals surface area contributed by atoms with Crippen molar-refractivity contribution in [3.8, 4) is 11.6 Å². The van der Waals surface area contributed by atoms with Gasteiger partial charge in [-0.3, -0.25) is 9.59 Å². The lowest BCUT2D eigenvalue weighted by atomic mass is 10.0. The highest BCUT2D eigenvalue weighted by molar-refractivity contribution is 6.30. The van der Waals surface area contributed by atoms with Gasteiger partial charge in [-0.15, -0.1) is 0 Å². The first kappa shape index (κ1) is 20.3. The summed E-state index contributed by atoms with van der Waals surface area (Å²) in [5, 5.41) is 25.7. The fourth-order valence-corrected chi connectivity index (χ4v) is 2.94. The Kier molecular flexibility index (Phi) is 5.79. The highest BCUT2D eigenvalue weighted by Crippen LogP contribution is 2.25. The molecule has 0 aliphatic rings. The van der Waals surface area contributed by atoms with Crippen LogP contribution in [0.5, 0.6) is 5.88 Å². The van der Waals surface area contributed by atoms with Gasteiger partial charge in [-0.2, -0.15) is 5.10 Å². The molecule has 7 nitrogen and oxygen atoms in total. The fourth-order valence-electron chi connectivity index (χ4n) is 2.76. The molecule has 0 bridgehead atoms. The van der Waals surface area contributed by atoms with Gasteiger partial charge in [-0.05, 0) is 30.3 Å². The standard InChI is InChI=1S/C19H14ClF2N3O4/c20-10-3-1-4-11(7-10)25-16(26)8-15(24-25)19(29)23-14(9-17(27)28)18-12(21)5-2-6-13(18)22/h1-8,14,26H,9H2,(H,23,29)(H,27,28)/t14-/m0/s1. The molecule has 0 aliphatic carbocycles. The number of hydrogen-bond acceptors (Lipinski definition) is 4. The molecule has 1 heterocycles. The van der Waals surface area contributed by atoms with Crippen LogP contribution in [0.4, 0.5) is 8.78 Å². The first-order valence-electron chi connectivity index (χ1n) is 8.28. The summed E-state index contributed by atoms with van der Waals surface area (Å²) >= 11 is 5.90. The van der Waals surface area contributed by atoms with Crippen molar-refractivity contribution >= 4 is 23.5 Å². The number of nitrogens with one attached hydrogen (secondary N) is 1. The molecule has 0 aliphatic heterocycles. The van der Waals surface area contributed by atoms with Gasteiger partial charge in [0, 0.05) is 16.7 Å². The number of carboxylic acid groups (broad SMARTS) is 1. The SMILES string of the molecule is O=C(O)C[C@H](NC(=O)c1cc(O)n(-c2cccc(Cl)c2)n1)c1c(F)cccc1F. The second-order valence-corrected chi connectivity index (χ2v) is 6.48. The van der Waals surface area contributed by atoms with Crippen LogP contribution in [0, 0.1) is 11.6 Å². The Morgan fingerprint density at radius 3 is 2.41 bits per heavy atom. The van der Waals surface area contributed by atoms with Crippen LogP contribution >= 0.6 is 11.6 Å². The van der Waals surface area contributed by atoms with Gasteiger partial charge in [0.05, 0.1) is 18.2 Å². The number of nitrogens with zero attached hydrogens (tertiary/aromatic N) is 2. The number of halogens is 3. The van der Waals surface area contributed by atoms with Gasteiger partial charge < -0.3 is 15.5 Å². The van der Waals surface area contributed by atoms with Crippen molar-refractivity contribution in [2.24, 2.45) is 0 Å². The number of carbonyl (C=O) groups is 2. The Morgan fingerprint density at radius 1 is 1.14 bits per heavy atom. The lowest BCUT2D eigenvalue weighted by Gasteiger charge is -2.18. The van der Waals surface area contributed by atoms with Crippen LogP contribution in [0.2, 0.25) is 5.02 Å². The normalized spacial score (nSPS) is 11.8. The van der Waals surface area contributed by atoms with Crippen LogP contribution in [0.15, 0.2) is 48.5 Å². The van der Waals surface area contributed by atoms with Gasteiger partial charge in [-0.25, -0.2) is 13.5 Å². The predicted molar refractivity (Wildman–Crippen MR) is 99.1 cm³/mol. The fraction of sp³-hybridized carbons (Fsp3) is 0.105. The van der Waals surface area contributed by atoms with Crippen LogP contribution in [0.3, 0.4) is 0 Å². The highest BCUT2D eigenvalue weighted by Gasteiger charge is 2.26. The summed E-state index contributed by atoms with van der Waals surface area (Å²) in [6, 6.07) is 8.89. The Labute approximate surface area is 168 Å². The van der Waals surface area contributed by atoms with Crippen molar-refractivity contribution in [3.63, 3.8) is 0 Å². The van der Waals surface area contributed by atoms with E-state index in [1.165, 1.54) is 6.07 Å². The van der Waals surface area contributed by atoms with E-state index >= 15 is 0 Å². The van der Waals surface area contributed by atoms with Gasteiger partial charge in [0.2, 0.25) is 5.88 Å². The highest BCUT2D eigenvalue weighted by atomic mass is 35.5. The summed E-state index contributed by atoms with van der Waals surface area (Å²) in [6.07, 6.45) is -0.759. The van der Waals surface area contributed by atoms with Crippen LogP contribution in [-0.2, 0) is 4.79 Å². The monoisotopic (exact) mass is 421 g/mol. The van der Waals surface area contributed by atoms with Crippen LogP contribution < -0.4 is 5.32 Å². The Balaban J connectivity index is 1.91. The maximum absolute atomic E-state index is 14.1. The first-order chi connectivity index (χ1) is 13.8. The number of amides is 1. The minimum absolute atomic E-state index is 0.283. The smallest absolute Gasteiger partial charge is 0.305 e. The molecule has 0 unspecified atom stereocenters. The van der Waals surface area contributed by atoms with Crippen LogP contribution in [0.25, 0.3) is 5.69 Å². The number of aliphatic carboxylic acids is 1. The number of benzene rings is 2. The average Bonchev–Trinajstić information content (AvgIpc) is 3.03. The van der Waals surface area contributed by atoms with Crippen LogP contribution in [-0.4, -0.2) is 31.9 Å². The summed E-state index contributed by atoms with van der Waals surface area (Å²) in [5.74, 6) is -4.67. The molecule has 0 radical (unpaired) electrons. The zero-order chi connectivity index (χ0) is 21.1. The number of hydrogen-bond donors (Lipinski definition) is 3. The number of carboxylic acids is 1. The minimum Gasteiger partial charge on any atom is -0.493 e. The van der Waals surface area contributed by atoms with Crippen molar-refractivity contribution in [1.29, 1.82) is 0 Å². The summed E-state index contributed by atoms with van der Waals surface area (Å²) in [4.78, 5) is 23.7. The molecule has 1 aromatic heterocycles. The number of aromatic nitrogens is 2. The lowest BCUT2D eigenvalue weighted by molar-refractivity contribution is -0.137. The molecular weight excluding hydrogens is 408 g/mol. The van der Waals surface area contributed by atoms with Gasteiger partial charge in [-0.1, -0.05) is 23.7 Å². The molecule has 0 saturated carbocycles. The molecular formula is C19H14ClF2N3O4. The second-order valence-electron chi connectivity index (χ2n) is 6.04. The molecule has 0 fully saturated rings. The molecule has 10 heteroatoms. The van der Waals surface area contributed by atoms with E-state index in [0.29, 0.717) is 10.7 Å².